The molecule has 3 aromatic rings. The molecule has 1 aliphatic carbocycles. The van der Waals surface area contributed by atoms with E-state index in [2.05, 4.69) is 38.4 Å². The smallest absolute Gasteiger partial charge is 0.179 e. The van der Waals surface area contributed by atoms with Crippen molar-refractivity contribution >= 4 is 16.8 Å². The lowest BCUT2D eigenvalue weighted by Crippen LogP contribution is -2.30. The molecule has 1 fully saturated rings. The number of fused-ring (bicyclic) bond motifs is 3. The molecule has 0 unspecified atom stereocenters. The second kappa shape index (κ2) is 4.27. The third-order valence-corrected chi connectivity index (χ3v) is 5.12. The van der Waals surface area contributed by atoms with Crippen LogP contribution in [0.3, 0.4) is 0 Å². The minimum atomic E-state index is -0.0286. The third kappa shape index (κ3) is 1.65. The van der Waals surface area contributed by atoms with Gasteiger partial charge in [0.15, 0.2) is 11.3 Å². The molecule has 0 spiro atoms. The lowest BCUT2D eigenvalue weighted by Gasteiger charge is -2.29. The molecule has 4 rings (SSSR count). The van der Waals surface area contributed by atoms with Gasteiger partial charge in [-0.3, -0.25) is 4.40 Å². The molecule has 0 aromatic carbocycles. The maximum absolute atomic E-state index is 6.24. The molecule has 1 saturated carbocycles. The average molecular weight is 284 g/mol. The largest absolute Gasteiger partial charge is 0.345 e. The fourth-order valence-corrected chi connectivity index (χ4v) is 4.06. The van der Waals surface area contributed by atoms with Crippen LogP contribution in [-0.2, 0) is 5.41 Å². The van der Waals surface area contributed by atoms with Crippen molar-refractivity contribution in [1.82, 2.24) is 24.6 Å². The van der Waals surface area contributed by atoms with Crippen LogP contribution in [0.1, 0.15) is 38.9 Å². The van der Waals surface area contributed by atoms with Gasteiger partial charge in [0.25, 0.3) is 0 Å². The van der Waals surface area contributed by atoms with Crippen molar-refractivity contribution < 1.29 is 0 Å². The van der Waals surface area contributed by atoms with Crippen LogP contribution in [0.2, 0.25) is 0 Å². The zero-order chi connectivity index (χ0) is 14.6. The summed E-state index contributed by atoms with van der Waals surface area (Å²) in [6.07, 6.45) is 6.81. The molecule has 0 saturated heterocycles. The summed E-state index contributed by atoms with van der Waals surface area (Å²) < 4.78 is 2.14. The number of nitrogens with one attached hydrogen (secondary N) is 1. The molecule has 6 nitrogen and oxygen atoms in total. The van der Waals surface area contributed by atoms with Crippen LogP contribution in [0.15, 0.2) is 18.5 Å². The van der Waals surface area contributed by atoms with E-state index in [4.69, 9.17) is 5.73 Å². The number of aromatic amines is 1. The molecule has 0 bridgehead atoms. The molecule has 6 heteroatoms. The van der Waals surface area contributed by atoms with E-state index in [0.717, 1.165) is 41.9 Å². The summed E-state index contributed by atoms with van der Waals surface area (Å²) >= 11 is 0. The predicted molar refractivity (Wildman–Crippen MR) is 81.0 cm³/mol. The predicted octanol–water partition coefficient (Wildman–Crippen LogP) is 2.01. The maximum atomic E-state index is 6.24. The summed E-state index contributed by atoms with van der Waals surface area (Å²) in [5.74, 6) is 1.56. The van der Waals surface area contributed by atoms with Crippen molar-refractivity contribution in [3.8, 4) is 0 Å². The fourth-order valence-electron chi connectivity index (χ4n) is 4.06. The first kappa shape index (κ1) is 12.8. The van der Waals surface area contributed by atoms with Crippen molar-refractivity contribution in [2.45, 2.75) is 44.6 Å². The first-order valence-corrected chi connectivity index (χ1v) is 7.56. The highest BCUT2D eigenvalue weighted by atomic mass is 15.3. The zero-order valence-corrected chi connectivity index (χ0v) is 12.4. The van der Waals surface area contributed by atoms with Crippen LogP contribution in [0.25, 0.3) is 16.8 Å². The Morgan fingerprint density at radius 2 is 2.33 bits per heavy atom. The highest BCUT2D eigenvalue weighted by Crippen LogP contribution is 2.46. The van der Waals surface area contributed by atoms with Gasteiger partial charge in [0.2, 0.25) is 0 Å². The molecular formula is C15H20N6. The van der Waals surface area contributed by atoms with E-state index in [1.807, 2.05) is 12.3 Å². The lowest BCUT2D eigenvalue weighted by molar-refractivity contribution is 0.315. The first-order chi connectivity index (χ1) is 10.1. The van der Waals surface area contributed by atoms with E-state index >= 15 is 0 Å². The summed E-state index contributed by atoms with van der Waals surface area (Å²) in [5, 5.41) is 8.84. The van der Waals surface area contributed by atoms with Crippen LogP contribution in [0.4, 0.5) is 0 Å². The van der Waals surface area contributed by atoms with Gasteiger partial charge in [0.1, 0.15) is 5.82 Å². The van der Waals surface area contributed by atoms with Gasteiger partial charge in [0, 0.05) is 17.7 Å². The quantitative estimate of drug-likeness (QED) is 0.754. The normalized spacial score (nSPS) is 29.7. The standard InChI is InChI=1S/C15H20N6/c1-3-9-6-10(16)7-15(9,2)14-20-19-12-8-18-13-11(21(12)14)4-5-17-13/h4-5,8-10,17H,3,6-7,16H2,1-2H3/t9-,10+,15-/m1/s1. The van der Waals surface area contributed by atoms with E-state index in [1.165, 1.54) is 0 Å². The van der Waals surface area contributed by atoms with Gasteiger partial charge in [-0.2, -0.15) is 0 Å². The van der Waals surface area contributed by atoms with Crippen molar-refractivity contribution in [2.75, 3.05) is 0 Å². The molecule has 110 valence electrons. The number of rotatable bonds is 2. The number of hydrogen-bond acceptors (Lipinski definition) is 4. The Balaban J connectivity index is 2.00. The monoisotopic (exact) mass is 284 g/mol. The summed E-state index contributed by atoms with van der Waals surface area (Å²) in [6, 6.07) is 2.28. The van der Waals surface area contributed by atoms with Gasteiger partial charge < -0.3 is 10.7 Å². The Bertz CT molecular complexity index is 803. The Labute approximate surface area is 122 Å². The summed E-state index contributed by atoms with van der Waals surface area (Å²) in [6.45, 7) is 4.51. The first-order valence-electron chi connectivity index (χ1n) is 7.56. The SMILES string of the molecule is CC[C@@H]1C[C@H](N)C[C@@]1(C)c1nnc2cnc3[nH]ccc3n12. The van der Waals surface area contributed by atoms with Crippen molar-refractivity contribution in [1.29, 1.82) is 0 Å². The van der Waals surface area contributed by atoms with Crippen LogP contribution in [0.5, 0.6) is 0 Å². The number of nitrogens with zero attached hydrogens (tertiary/aromatic N) is 4. The molecule has 1 aliphatic rings. The molecule has 3 N–H and O–H groups in total. The fraction of sp³-hybridized carbons (Fsp3) is 0.533. The average Bonchev–Trinajstić information content (AvgIpc) is 3.13. The molecule has 3 atom stereocenters. The van der Waals surface area contributed by atoms with Crippen LogP contribution >= 0.6 is 0 Å². The lowest BCUT2D eigenvalue weighted by atomic mass is 9.77. The minimum absolute atomic E-state index is 0.0286. The van der Waals surface area contributed by atoms with Gasteiger partial charge in [-0.1, -0.05) is 20.3 Å². The van der Waals surface area contributed by atoms with Gasteiger partial charge in [-0.05, 0) is 24.8 Å². The Morgan fingerprint density at radius 1 is 1.48 bits per heavy atom. The maximum Gasteiger partial charge on any atom is 0.179 e. The second-order valence-electron chi connectivity index (χ2n) is 6.41. The number of hydrogen-bond donors (Lipinski definition) is 2. The highest BCUT2D eigenvalue weighted by molar-refractivity contribution is 5.74. The Morgan fingerprint density at radius 3 is 3.14 bits per heavy atom. The van der Waals surface area contributed by atoms with Crippen molar-refractivity contribution in [2.24, 2.45) is 11.7 Å². The van der Waals surface area contributed by atoms with Gasteiger partial charge in [-0.15, -0.1) is 10.2 Å². The molecular weight excluding hydrogens is 264 g/mol. The van der Waals surface area contributed by atoms with Gasteiger partial charge in [0.05, 0.1) is 11.7 Å². The van der Waals surface area contributed by atoms with E-state index in [9.17, 15) is 0 Å². The number of H-pyrrole nitrogens is 1. The Kier molecular flexibility index (Phi) is 2.60. The molecule has 0 amide bonds. The van der Waals surface area contributed by atoms with E-state index < -0.39 is 0 Å². The third-order valence-electron chi connectivity index (χ3n) is 5.12. The van der Waals surface area contributed by atoms with Crippen molar-refractivity contribution in [3.05, 3.63) is 24.3 Å². The van der Waals surface area contributed by atoms with Crippen LogP contribution in [-0.4, -0.2) is 30.6 Å². The van der Waals surface area contributed by atoms with Crippen molar-refractivity contribution in [3.63, 3.8) is 0 Å². The topological polar surface area (TPSA) is 84.9 Å². The molecule has 0 aliphatic heterocycles. The number of nitrogens with two attached hydrogens (primary N) is 1. The summed E-state index contributed by atoms with van der Waals surface area (Å²) in [5.41, 5.74) is 8.91. The van der Waals surface area contributed by atoms with E-state index in [-0.39, 0.29) is 11.5 Å². The van der Waals surface area contributed by atoms with Crippen LogP contribution < -0.4 is 5.73 Å². The van der Waals surface area contributed by atoms with Crippen LogP contribution in [0, 0.1) is 5.92 Å². The summed E-state index contributed by atoms with van der Waals surface area (Å²) in [4.78, 5) is 7.54. The van der Waals surface area contributed by atoms with Gasteiger partial charge >= 0.3 is 0 Å². The second-order valence-corrected chi connectivity index (χ2v) is 6.41. The Hall–Kier alpha value is -1.95. The molecule has 0 radical (unpaired) electrons. The highest BCUT2D eigenvalue weighted by Gasteiger charge is 2.46. The van der Waals surface area contributed by atoms with E-state index in [1.54, 1.807) is 6.20 Å². The molecule has 3 aromatic heterocycles. The molecule has 21 heavy (non-hydrogen) atoms. The number of aromatic nitrogens is 5. The zero-order valence-electron chi connectivity index (χ0n) is 12.4. The van der Waals surface area contributed by atoms with E-state index in [0.29, 0.717) is 5.92 Å². The minimum Gasteiger partial charge on any atom is -0.345 e. The van der Waals surface area contributed by atoms with Gasteiger partial charge in [-0.25, -0.2) is 4.98 Å². The molecule has 3 heterocycles. The summed E-state index contributed by atoms with van der Waals surface area (Å²) in [7, 11) is 0.